The first-order chi connectivity index (χ1) is 9.24. The van der Waals surface area contributed by atoms with E-state index in [9.17, 15) is 0 Å². The Balaban J connectivity index is 1.87. The van der Waals surface area contributed by atoms with Gasteiger partial charge in [-0.15, -0.1) is 11.3 Å². The number of hydrogen-bond acceptors (Lipinski definition) is 5. The van der Waals surface area contributed by atoms with E-state index in [-0.39, 0.29) is 0 Å². The summed E-state index contributed by atoms with van der Waals surface area (Å²) in [5, 5.41) is 5.36. The molecule has 0 fully saturated rings. The van der Waals surface area contributed by atoms with Crippen molar-refractivity contribution < 1.29 is 0 Å². The normalized spacial score (nSPS) is 10.8. The number of aryl methyl sites for hydroxylation is 1. The highest BCUT2D eigenvalue weighted by Gasteiger charge is 2.05. The quantitative estimate of drug-likeness (QED) is 0.717. The molecule has 5 heteroatoms. The summed E-state index contributed by atoms with van der Waals surface area (Å²) < 4.78 is 0. The number of thiazole rings is 1. The minimum absolute atomic E-state index is 0.689. The first-order valence-corrected chi connectivity index (χ1v) is 6.84. The van der Waals surface area contributed by atoms with Gasteiger partial charge in [-0.25, -0.2) is 4.98 Å². The standard InChI is InChI=1S/C14H14N4S/c1-9-7-18-13(19-9)8-17-12-5-4-11-10(14(12)15)3-2-6-16-11/h2-7,17H,8,15H2,1H3. The summed E-state index contributed by atoms with van der Waals surface area (Å²) >= 11 is 1.69. The largest absolute Gasteiger partial charge is 0.397 e. The number of nitrogen functional groups attached to an aromatic ring is 1. The molecule has 3 N–H and O–H groups in total. The number of nitrogens with one attached hydrogen (secondary N) is 1. The lowest BCUT2D eigenvalue weighted by molar-refractivity contribution is 1.10. The number of anilines is 2. The Bertz CT molecular complexity index is 720. The molecule has 2 heterocycles. The molecule has 0 aliphatic rings. The van der Waals surface area contributed by atoms with Crippen molar-refractivity contribution in [3.63, 3.8) is 0 Å². The van der Waals surface area contributed by atoms with E-state index in [0.717, 1.165) is 27.3 Å². The number of pyridine rings is 1. The number of nitrogens with two attached hydrogens (primary N) is 1. The molecule has 0 spiro atoms. The van der Waals surface area contributed by atoms with Crippen LogP contribution in [0.25, 0.3) is 10.9 Å². The van der Waals surface area contributed by atoms with E-state index < -0.39 is 0 Å². The summed E-state index contributed by atoms with van der Waals surface area (Å²) in [7, 11) is 0. The SMILES string of the molecule is Cc1cnc(CNc2ccc3ncccc3c2N)s1. The smallest absolute Gasteiger partial charge is 0.112 e. The minimum atomic E-state index is 0.689. The fourth-order valence-corrected chi connectivity index (χ4v) is 2.71. The molecule has 0 aliphatic carbocycles. The summed E-state index contributed by atoms with van der Waals surface area (Å²) in [6, 6.07) is 7.81. The molecule has 0 saturated carbocycles. The zero-order valence-corrected chi connectivity index (χ0v) is 11.4. The Kier molecular flexibility index (Phi) is 3.05. The van der Waals surface area contributed by atoms with Gasteiger partial charge in [0.05, 0.1) is 23.4 Å². The summed E-state index contributed by atoms with van der Waals surface area (Å²) in [5.41, 5.74) is 8.74. The summed E-state index contributed by atoms with van der Waals surface area (Å²) in [4.78, 5) is 9.83. The van der Waals surface area contributed by atoms with Crippen LogP contribution in [-0.4, -0.2) is 9.97 Å². The van der Waals surface area contributed by atoms with Crippen LogP contribution in [0.1, 0.15) is 9.88 Å². The van der Waals surface area contributed by atoms with Crippen LogP contribution in [0.4, 0.5) is 11.4 Å². The van der Waals surface area contributed by atoms with Gasteiger partial charge < -0.3 is 11.1 Å². The van der Waals surface area contributed by atoms with Crippen molar-refractivity contribution >= 4 is 33.6 Å². The molecule has 19 heavy (non-hydrogen) atoms. The third-order valence-electron chi connectivity index (χ3n) is 2.93. The van der Waals surface area contributed by atoms with Gasteiger partial charge in [-0.2, -0.15) is 0 Å². The van der Waals surface area contributed by atoms with E-state index >= 15 is 0 Å². The van der Waals surface area contributed by atoms with E-state index in [1.807, 2.05) is 30.5 Å². The van der Waals surface area contributed by atoms with Gasteiger partial charge in [0.1, 0.15) is 5.01 Å². The van der Waals surface area contributed by atoms with E-state index in [2.05, 4.69) is 22.2 Å². The molecule has 3 rings (SSSR count). The molecule has 3 aromatic rings. The Hall–Kier alpha value is -2.14. The zero-order chi connectivity index (χ0) is 13.2. The van der Waals surface area contributed by atoms with Crippen molar-refractivity contribution in [2.45, 2.75) is 13.5 Å². The van der Waals surface area contributed by atoms with Crippen molar-refractivity contribution in [2.24, 2.45) is 0 Å². The third kappa shape index (κ3) is 2.37. The van der Waals surface area contributed by atoms with Crippen LogP contribution in [0.15, 0.2) is 36.7 Å². The molecule has 4 nitrogen and oxygen atoms in total. The Morgan fingerprint density at radius 1 is 1.26 bits per heavy atom. The Morgan fingerprint density at radius 2 is 2.16 bits per heavy atom. The van der Waals surface area contributed by atoms with Crippen molar-refractivity contribution in [3.05, 3.63) is 46.5 Å². The maximum Gasteiger partial charge on any atom is 0.112 e. The molecule has 1 aromatic carbocycles. The van der Waals surface area contributed by atoms with E-state index in [1.165, 1.54) is 4.88 Å². The second-order valence-electron chi connectivity index (χ2n) is 4.32. The number of fused-ring (bicyclic) bond motifs is 1. The van der Waals surface area contributed by atoms with Crippen LogP contribution in [0.5, 0.6) is 0 Å². The fraction of sp³-hybridized carbons (Fsp3) is 0.143. The Labute approximate surface area is 115 Å². The highest BCUT2D eigenvalue weighted by molar-refractivity contribution is 7.11. The Morgan fingerprint density at radius 3 is 2.95 bits per heavy atom. The van der Waals surface area contributed by atoms with Crippen molar-refractivity contribution in [2.75, 3.05) is 11.1 Å². The second kappa shape index (κ2) is 4.85. The molecule has 0 atom stereocenters. The van der Waals surface area contributed by atoms with Crippen LogP contribution in [-0.2, 0) is 6.54 Å². The van der Waals surface area contributed by atoms with Crippen molar-refractivity contribution in [3.8, 4) is 0 Å². The van der Waals surface area contributed by atoms with Crippen LogP contribution in [0.2, 0.25) is 0 Å². The summed E-state index contributed by atoms with van der Waals surface area (Å²) in [6.45, 7) is 2.74. The lowest BCUT2D eigenvalue weighted by Gasteiger charge is -2.10. The third-order valence-corrected chi connectivity index (χ3v) is 3.84. The van der Waals surface area contributed by atoms with Crippen LogP contribution in [0, 0.1) is 6.92 Å². The predicted octanol–water partition coefficient (Wildman–Crippen LogP) is 3.19. The lowest BCUT2D eigenvalue weighted by atomic mass is 10.1. The second-order valence-corrected chi connectivity index (χ2v) is 5.63. The van der Waals surface area contributed by atoms with Gasteiger partial charge in [-0.1, -0.05) is 0 Å². The topological polar surface area (TPSA) is 63.8 Å². The van der Waals surface area contributed by atoms with Gasteiger partial charge in [-0.05, 0) is 31.2 Å². The van der Waals surface area contributed by atoms with E-state index in [1.54, 1.807) is 17.5 Å². The number of nitrogens with zero attached hydrogens (tertiary/aromatic N) is 2. The lowest BCUT2D eigenvalue weighted by Crippen LogP contribution is -2.02. The van der Waals surface area contributed by atoms with Crippen LogP contribution < -0.4 is 11.1 Å². The van der Waals surface area contributed by atoms with Gasteiger partial charge in [-0.3, -0.25) is 4.98 Å². The van der Waals surface area contributed by atoms with Crippen molar-refractivity contribution in [1.82, 2.24) is 9.97 Å². The monoisotopic (exact) mass is 270 g/mol. The first-order valence-electron chi connectivity index (χ1n) is 6.02. The fourth-order valence-electron chi connectivity index (χ4n) is 1.98. The number of rotatable bonds is 3. The summed E-state index contributed by atoms with van der Waals surface area (Å²) in [6.07, 6.45) is 3.66. The zero-order valence-electron chi connectivity index (χ0n) is 10.6. The molecule has 0 unspecified atom stereocenters. The van der Waals surface area contributed by atoms with E-state index in [4.69, 9.17) is 5.73 Å². The van der Waals surface area contributed by atoms with E-state index in [0.29, 0.717) is 6.54 Å². The highest BCUT2D eigenvalue weighted by Crippen LogP contribution is 2.27. The molecule has 0 amide bonds. The molecular formula is C14H14N4S. The first kappa shape index (κ1) is 11.9. The number of benzene rings is 1. The van der Waals surface area contributed by atoms with Crippen LogP contribution >= 0.6 is 11.3 Å². The highest BCUT2D eigenvalue weighted by atomic mass is 32.1. The molecule has 0 bridgehead atoms. The van der Waals surface area contributed by atoms with Gasteiger partial charge >= 0.3 is 0 Å². The maximum atomic E-state index is 6.17. The molecule has 0 aliphatic heterocycles. The average Bonchev–Trinajstić information content (AvgIpc) is 2.84. The van der Waals surface area contributed by atoms with Gasteiger partial charge in [0.15, 0.2) is 0 Å². The number of hydrogen-bond donors (Lipinski definition) is 2. The molecule has 2 aromatic heterocycles. The van der Waals surface area contributed by atoms with Gasteiger partial charge in [0.2, 0.25) is 0 Å². The van der Waals surface area contributed by atoms with Crippen LogP contribution in [0.3, 0.4) is 0 Å². The molecule has 0 saturated heterocycles. The van der Waals surface area contributed by atoms with Crippen molar-refractivity contribution in [1.29, 1.82) is 0 Å². The van der Waals surface area contributed by atoms with Gasteiger partial charge in [0, 0.05) is 22.7 Å². The van der Waals surface area contributed by atoms with Gasteiger partial charge in [0.25, 0.3) is 0 Å². The predicted molar refractivity (Wildman–Crippen MR) is 80.3 cm³/mol. The maximum absolute atomic E-state index is 6.17. The summed E-state index contributed by atoms with van der Waals surface area (Å²) in [5.74, 6) is 0. The minimum Gasteiger partial charge on any atom is -0.397 e. The molecule has 0 radical (unpaired) electrons. The number of aromatic nitrogens is 2. The molecular weight excluding hydrogens is 256 g/mol. The molecule has 96 valence electrons. The average molecular weight is 270 g/mol.